The van der Waals surface area contributed by atoms with Gasteiger partial charge < -0.3 is 14.6 Å². The number of carbonyl (C=O) groups is 1. The third-order valence-electron chi connectivity index (χ3n) is 5.21. The highest BCUT2D eigenvalue weighted by Gasteiger charge is 2.10. The van der Waals surface area contributed by atoms with Crippen molar-refractivity contribution in [1.29, 1.82) is 0 Å². The van der Waals surface area contributed by atoms with Crippen molar-refractivity contribution in [3.63, 3.8) is 0 Å². The number of nitrogens with zero attached hydrogens (tertiary/aromatic N) is 1. The SMILES string of the molecule is Cc1noc(C)c1COc1ccc(CC(=O)NCc2cccc3ccccc23)cc1. The van der Waals surface area contributed by atoms with Crippen LogP contribution in [-0.2, 0) is 24.4 Å². The number of hydrogen-bond acceptors (Lipinski definition) is 4. The second-order valence-corrected chi connectivity index (χ2v) is 7.33. The van der Waals surface area contributed by atoms with Crippen LogP contribution in [-0.4, -0.2) is 11.1 Å². The third kappa shape index (κ3) is 4.51. The van der Waals surface area contributed by atoms with Crippen LogP contribution in [0, 0.1) is 13.8 Å². The van der Waals surface area contributed by atoms with Crippen molar-refractivity contribution in [2.24, 2.45) is 0 Å². The van der Waals surface area contributed by atoms with Crippen LogP contribution in [0.3, 0.4) is 0 Å². The predicted octanol–water partition coefficient (Wildman–Crippen LogP) is 4.88. The smallest absolute Gasteiger partial charge is 0.224 e. The molecule has 1 aromatic heterocycles. The van der Waals surface area contributed by atoms with Crippen LogP contribution in [0.15, 0.2) is 71.3 Å². The molecule has 5 nitrogen and oxygen atoms in total. The summed E-state index contributed by atoms with van der Waals surface area (Å²) in [6.45, 7) is 4.69. The average molecular weight is 400 g/mol. The molecule has 0 aliphatic rings. The monoisotopic (exact) mass is 400 g/mol. The maximum Gasteiger partial charge on any atom is 0.224 e. The van der Waals surface area contributed by atoms with Crippen molar-refractivity contribution in [3.05, 3.63) is 94.9 Å². The summed E-state index contributed by atoms with van der Waals surface area (Å²) in [5.41, 5.74) is 3.86. The minimum atomic E-state index is -0.00711. The molecule has 4 rings (SSSR count). The lowest BCUT2D eigenvalue weighted by Gasteiger charge is -2.09. The number of fused-ring (bicyclic) bond motifs is 1. The van der Waals surface area contributed by atoms with Gasteiger partial charge in [-0.3, -0.25) is 4.79 Å². The van der Waals surface area contributed by atoms with E-state index in [0.717, 1.165) is 33.9 Å². The van der Waals surface area contributed by atoms with Crippen LogP contribution in [0.1, 0.15) is 28.1 Å². The van der Waals surface area contributed by atoms with E-state index in [1.54, 1.807) is 0 Å². The van der Waals surface area contributed by atoms with Crippen molar-refractivity contribution >= 4 is 16.7 Å². The topological polar surface area (TPSA) is 64.4 Å². The van der Waals surface area contributed by atoms with E-state index in [4.69, 9.17) is 9.26 Å². The van der Waals surface area contributed by atoms with E-state index in [2.05, 4.69) is 28.7 Å². The molecule has 0 aliphatic heterocycles. The summed E-state index contributed by atoms with van der Waals surface area (Å²) in [7, 11) is 0. The molecule has 0 radical (unpaired) electrons. The predicted molar refractivity (Wildman–Crippen MR) is 116 cm³/mol. The zero-order chi connectivity index (χ0) is 20.9. The van der Waals surface area contributed by atoms with Crippen molar-refractivity contribution in [2.45, 2.75) is 33.4 Å². The Hall–Kier alpha value is -3.60. The molecule has 1 heterocycles. The molecular formula is C25H24N2O3. The van der Waals surface area contributed by atoms with E-state index in [9.17, 15) is 4.79 Å². The molecule has 152 valence electrons. The largest absolute Gasteiger partial charge is 0.489 e. The van der Waals surface area contributed by atoms with Crippen LogP contribution < -0.4 is 10.1 Å². The fourth-order valence-electron chi connectivity index (χ4n) is 3.46. The molecule has 0 unspecified atom stereocenters. The highest BCUT2D eigenvalue weighted by molar-refractivity contribution is 5.86. The van der Waals surface area contributed by atoms with Gasteiger partial charge in [0.1, 0.15) is 18.1 Å². The summed E-state index contributed by atoms with van der Waals surface area (Å²) in [5, 5.41) is 9.30. The second kappa shape index (κ2) is 8.82. The van der Waals surface area contributed by atoms with E-state index in [0.29, 0.717) is 19.6 Å². The first-order valence-corrected chi connectivity index (χ1v) is 9.97. The molecule has 3 aromatic carbocycles. The molecule has 1 amide bonds. The number of aryl methyl sites for hydroxylation is 2. The molecule has 0 saturated heterocycles. The summed E-state index contributed by atoms with van der Waals surface area (Å²) in [6, 6.07) is 21.9. The molecule has 1 N–H and O–H groups in total. The van der Waals surface area contributed by atoms with Gasteiger partial charge in [-0.1, -0.05) is 59.8 Å². The van der Waals surface area contributed by atoms with Crippen LogP contribution >= 0.6 is 0 Å². The van der Waals surface area contributed by atoms with Crippen LogP contribution in [0.25, 0.3) is 10.8 Å². The number of aromatic nitrogens is 1. The number of benzene rings is 3. The van der Waals surface area contributed by atoms with Crippen molar-refractivity contribution < 1.29 is 14.1 Å². The molecule has 0 atom stereocenters. The van der Waals surface area contributed by atoms with Crippen LogP contribution in [0.2, 0.25) is 0 Å². The maximum atomic E-state index is 12.4. The molecular weight excluding hydrogens is 376 g/mol. The summed E-state index contributed by atoms with van der Waals surface area (Å²) in [5.74, 6) is 1.51. The fraction of sp³-hybridized carbons (Fsp3) is 0.200. The number of nitrogens with one attached hydrogen (secondary N) is 1. The Morgan fingerprint density at radius 1 is 1.00 bits per heavy atom. The van der Waals surface area contributed by atoms with Gasteiger partial charge in [-0.05, 0) is 47.9 Å². The van der Waals surface area contributed by atoms with Gasteiger partial charge >= 0.3 is 0 Å². The zero-order valence-electron chi connectivity index (χ0n) is 17.1. The molecule has 30 heavy (non-hydrogen) atoms. The van der Waals surface area contributed by atoms with Gasteiger partial charge in [0, 0.05) is 6.54 Å². The fourth-order valence-corrected chi connectivity index (χ4v) is 3.46. The van der Waals surface area contributed by atoms with Gasteiger partial charge in [0.05, 0.1) is 17.7 Å². The molecule has 5 heteroatoms. The summed E-state index contributed by atoms with van der Waals surface area (Å²) in [4.78, 5) is 12.4. The molecule has 4 aromatic rings. The lowest BCUT2D eigenvalue weighted by Crippen LogP contribution is -2.24. The summed E-state index contributed by atoms with van der Waals surface area (Å²) < 4.78 is 11.0. The van der Waals surface area contributed by atoms with E-state index >= 15 is 0 Å². The van der Waals surface area contributed by atoms with Crippen molar-refractivity contribution in [3.8, 4) is 5.75 Å². The van der Waals surface area contributed by atoms with Crippen molar-refractivity contribution in [1.82, 2.24) is 10.5 Å². The van der Waals surface area contributed by atoms with Gasteiger partial charge in [-0.25, -0.2) is 0 Å². The Labute approximate surface area is 175 Å². The normalized spacial score (nSPS) is 10.9. The van der Waals surface area contributed by atoms with Crippen LogP contribution in [0.5, 0.6) is 5.75 Å². The number of amides is 1. The highest BCUT2D eigenvalue weighted by Crippen LogP contribution is 2.19. The molecule has 0 aliphatic carbocycles. The Bertz CT molecular complexity index is 1140. The van der Waals surface area contributed by atoms with Gasteiger partial charge in [0.2, 0.25) is 5.91 Å². The highest BCUT2D eigenvalue weighted by atomic mass is 16.5. The molecule has 0 fully saturated rings. The Balaban J connectivity index is 1.31. The van der Waals surface area contributed by atoms with E-state index in [1.165, 1.54) is 10.8 Å². The molecule has 0 saturated carbocycles. The van der Waals surface area contributed by atoms with Gasteiger partial charge in [-0.2, -0.15) is 0 Å². The zero-order valence-corrected chi connectivity index (χ0v) is 17.1. The molecule has 0 spiro atoms. The minimum absolute atomic E-state index is 0.00711. The summed E-state index contributed by atoms with van der Waals surface area (Å²) in [6.07, 6.45) is 0.328. The van der Waals surface area contributed by atoms with Gasteiger partial charge in [0.15, 0.2) is 0 Å². The maximum absolute atomic E-state index is 12.4. The average Bonchev–Trinajstić information content (AvgIpc) is 3.09. The van der Waals surface area contributed by atoms with Crippen molar-refractivity contribution in [2.75, 3.05) is 0 Å². The number of hydrogen-bond donors (Lipinski definition) is 1. The first kappa shape index (κ1) is 19.7. The van der Waals surface area contributed by atoms with E-state index in [1.807, 2.05) is 62.4 Å². The second-order valence-electron chi connectivity index (χ2n) is 7.33. The lowest BCUT2D eigenvalue weighted by atomic mass is 10.0. The Morgan fingerprint density at radius 3 is 2.53 bits per heavy atom. The standard InChI is InChI=1S/C25H24N2O3/c1-17-24(18(2)30-27-17)16-29-22-12-10-19(11-13-22)14-25(28)26-15-21-8-5-7-20-6-3-4-9-23(20)21/h3-13H,14-16H2,1-2H3,(H,26,28). The quantitative estimate of drug-likeness (QED) is 0.480. The first-order chi connectivity index (χ1) is 14.6. The number of carbonyl (C=O) groups excluding carboxylic acids is 1. The number of ether oxygens (including phenoxy) is 1. The Kier molecular flexibility index (Phi) is 5.80. The molecule has 0 bridgehead atoms. The van der Waals surface area contributed by atoms with E-state index in [-0.39, 0.29) is 5.91 Å². The van der Waals surface area contributed by atoms with Crippen LogP contribution in [0.4, 0.5) is 0 Å². The summed E-state index contributed by atoms with van der Waals surface area (Å²) >= 11 is 0. The first-order valence-electron chi connectivity index (χ1n) is 9.97. The van der Waals surface area contributed by atoms with Gasteiger partial charge in [-0.15, -0.1) is 0 Å². The number of rotatable bonds is 7. The Morgan fingerprint density at radius 2 is 1.77 bits per heavy atom. The third-order valence-corrected chi connectivity index (χ3v) is 5.21. The van der Waals surface area contributed by atoms with E-state index < -0.39 is 0 Å². The minimum Gasteiger partial charge on any atom is -0.489 e. The lowest BCUT2D eigenvalue weighted by molar-refractivity contribution is -0.120. The van der Waals surface area contributed by atoms with Gasteiger partial charge in [0.25, 0.3) is 0 Å².